The summed E-state index contributed by atoms with van der Waals surface area (Å²) in [4.78, 5) is 23.9. The fourth-order valence-electron chi connectivity index (χ4n) is 2.40. The summed E-state index contributed by atoms with van der Waals surface area (Å²) in [5.41, 5.74) is 2.06. The SMILES string of the molecule is O=C(CNC(=O)c1cc2ccccn2n1)NCCc1ccccc1Cl. The average molecular weight is 357 g/mol. The second-order valence-electron chi connectivity index (χ2n) is 5.47. The monoisotopic (exact) mass is 356 g/mol. The standard InChI is InChI=1S/C18H17ClN4O2/c19-15-7-2-1-5-13(15)8-9-20-17(24)12-21-18(25)16-11-14-6-3-4-10-23(14)22-16/h1-7,10-11H,8-9,12H2,(H,20,24)(H,21,25). The molecule has 0 saturated heterocycles. The summed E-state index contributed by atoms with van der Waals surface area (Å²) in [5, 5.41) is 10.2. The molecule has 0 aliphatic heterocycles. The first-order chi connectivity index (χ1) is 12.1. The van der Waals surface area contributed by atoms with E-state index in [1.807, 2.05) is 42.5 Å². The van der Waals surface area contributed by atoms with E-state index in [-0.39, 0.29) is 24.1 Å². The van der Waals surface area contributed by atoms with Crippen LogP contribution in [0.15, 0.2) is 54.7 Å². The predicted octanol–water partition coefficient (Wildman–Crippen LogP) is 2.08. The third-order valence-electron chi connectivity index (χ3n) is 3.69. The van der Waals surface area contributed by atoms with E-state index >= 15 is 0 Å². The molecule has 2 amide bonds. The van der Waals surface area contributed by atoms with Crippen molar-refractivity contribution >= 4 is 28.9 Å². The molecule has 128 valence electrons. The van der Waals surface area contributed by atoms with Gasteiger partial charge in [-0.1, -0.05) is 35.9 Å². The first-order valence-corrected chi connectivity index (χ1v) is 8.24. The molecule has 0 atom stereocenters. The minimum atomic E-state index is -0.384. The average Bonchev–Trinajstić information content (AvgIpc) is 3.05. The maximum atomic E-state index is 12.1. The lowest BCUT2D eigenvalue weighted by atomic mass is 10.1. The fourth-order valence-corrected chi connectivity index (χ4v) is 2.63. The fraction of sp³-hybridized carbons (Fsp3) is 0.167. The van der Waals surface area contributed by atoms with Crippen LogP contribution < -0.4 is 10.6 Å². The van der Waals surface area contributed by atoms with Crippen molar-refractivity contribution in [2.45, 2.75) is 6.42 Å². The number of hydrogen-bond acceptors (Lipinski definition) is 3. The largest absolute Gasteiger partial charge is 0.354 e. The molecule has 7 heteroatoms. The summed E-state index contributed by atoms with van der Waals surface area (Å²) in [5.74, 6) is -0.644. The van der Waals surface area contributed by atoms with E-state index in [2.05, 4.69) is 15.7 Å². The highest BCUT2D eigenvalue weighted by molar-refractivity contribution is 6.31. The lowest BCUT2D eigenvalue weighted by molar-refractivity contribution is -0.120. The van der Waals surface area contributed by atoms with Crippen molar-refractivity contribution in [2.75, 3.05) is 13.1 Å². The summed E-state index contributed by atoms with van der Waals surface area (Å²) in [6.07, 6.45) is 2.39. The summed E-state index contributed by atoms with van der Waals surface area (Å²) >= 11 is 6.06. The molecule has 3 rings (SSSR count). The molecule has 2 heterocycles. The highest BCUT2D eigenvalue weighted by Gasteiger charge is 2.12. The Morgan fingerprint density at radius 2 is 1.88 bits per heavy atom. The number of halogens is 1. The van der Waals surface area contributed by atoms with Crippen LogP contribution in [-0.4, -0.2) is 34.5 Å². The zero-order valence-corrected chi connectivity index (χ0v) is 14.2. The van der Waals surface area contributed by atoms with Crippen LogP contribution in [0.3, 0.4) is 0 Å². The van der Waals surface area contributed by atoms with E-state index in [4.69, 9.17) is 11.6 Å². The second kappa shape index (κ2) is 7.81. The molecule has 2 aromatic heterocycles. The van der Waals surface area contributed by atoms with E-state index in [9.17, 15) is 9.59 Å². The number of carbonyl (C=O) groups is 2. The van der Waals surface area contributed by atoms with Gasteiger partial charge >= 0.3 is 0 Å². The van der Waals surface area contributed by atoms with Gasteiger partial charge in [-0.2, -0.15) is 5.10 Å². The summed E-state index contributed by atoms with van der Waals surface area (Å²) in [6.45, 7) is 0.349. The highest BCUT2D eigenvalue weighted by atomic mass is 35.5. The van der Waals surface area contributed by atoms with Gasteiger partial charge in [-0.05, 0) is 36.2 Å². The molecule has 0 unspecified atom stereocenters. The molecule has 0 saturated carbocycles. The summed E-state index contributed by atoms with van der Waals surface area (Å²) in [7, 11) is 0. The van der Waals surface area contributed by atoms with Crippen LogP contribution in [-0.2, 0) is 11.2 Å². The topological polar surface area (TPSA) is 75.5 Å². The smallest absolute Gasteiger partial charge is 0.272 e. The maximum absolute atomic E-state index is 12.1. The van der Waals surface area contributed by atoms with Gasteiger partial charge in [0.1, 0.15) is 0 Å². The number of carbonyl (C=O) groups excluding carboxylic acids is 2. The van der Waals surface area contributed by atoms with Crippen LogP contribution in [0.4, 0.5) is 0 Å². The zero-order valence-electron chi connectivity index (χ0n) is 13.4. The van der Waals surface area contributed by atoms with Crippen LogP contribution >= 0.6 is 11.6 Å². The Morgan fingerprint density at radius 1 is 1.08 bits per heavy atom. The van der Waals surface area contributed by atoms with Gasteiger partial charge in [-0.15, -0.1) is 0 Å². The Hall–Kier alpha value is -2.86. The number of aromatic nitrogens is 2. The molecular weight excluding hydrogens is 340 g/mol. The normalized spacial score (nSPS) is 10.6. The number of pyridine rings is 1. The summed E-state index contributed by atoms with van der Waals surface area (Å²) < 4.78 is 1.61. The van der Waals surface area contributed by atoms with E-state index in [0.29, 0.717) is 18.0 Å². The molecule has 1 aromatic carbocycles. The van der Waals surface area contributed by atoms with Gasteiger partial charge in [0, 0.05) is 17.8 Å². The second-order valence-corrected chi connectivity index (χ2v) is 5.88. The number of nitrogens with zero attached hydrogens (tertiary/aromatic N) is 2. The van der Waals surface area contributed by atoms with Gasteiger partial charge < -0.3 is 10.6 Å². The van der Waals surface area contributed by atoms with Gasteiger partial charge in [0.05, 0.1) is 12.1 Å². The molecule has 0 aliphatic carbocycles. The van der Waals surface area contributed by atoms with Gasteiger partial charge in [0.25, 0.3) is 5.91 Å². The van der Waals surface area contributed by atoms with Crippen LogP contribution in [0.2, 0.25) is 5.02 Å². The molecular formula is C18H17ClN4O2. The molecule has 0 aliphatic rings. The maximum Gasteiger partial charge on any atom is 0.272 e. The molecule has 3 aromatic rings. The highest BCUT2D eigenvalue weighted by Crippen LogP contribution is 2.14. The van der Waals surface area contributed by atoms with Crippen molar-refractivity contribution in [1.29, 1.82) is 0 Å². The first-order valence-electron chi connectivity index (χ1n) is 7.86. The number of amides is 2. The van der Waals surface area contributed by atoms with Crippen molar-refractivity contribution in [1.82, 2.24) is 20.2 Å². The Balaban J connectivity index is 1.45. The summed E-state index contributed by atoms with van der Waals surface area (Å²) in [6, 6.07) is 14.7. The van der Waals surface area contributed by atoms with Crippen molar-refractivity contribution in [3.63, 3.8) is 0 Å². The number of fused-ring (bicyclic) bond motifs is 1. The molecule has 2 N–H and O–H groups in total. The van der Waals surface area contributed by atoms with Crippen molar-refractivity contribution in [3.05, 3.63) is 71.0 Å². The van der Waals surface area contributed by atoms with Crippen LogP contribution in [0.5, 0.6) is 0 Å². The Bertz CT molecular complexity index is 874. The van der Waals surface area contributed by atoms with Crippen LogP contribution in [0, 0.1) is 0 Å². The van der Waals surface area contributed by atoms with Crippen molar-refractivity contribution in [3.8, 4) is 0 Å². The van der Waals surface area contributed by atoms with Gasteiger partial charge in [0.15, 0.2) is 5.69 Å². The molecule has 6 nitrogen and oxygen atoms in total. The minimum absolute atomic E-state index is 0.102. The number of hydrogen-bond donors (Lipinski definition) is 2. The number of nitrogens with one attached hydrogen (secondary N) is 2. The van der Waals surface area contributed by atoms with E-state index in [1.54, 1.807) is 16.8 Å². The third-order valence-corrected chi connectivity index (χ3v) is 4.06. The Morgan fingerprint density at radius 3 is 2.68 bits per heavy atom. The number of benzene rings is 1. The van der Waals surface area contributed by atoms with E-state index in [0.717, 1.165) is 11.1 Å². The molecule has 0 spiro atoms. The Labute approximate surface area is 149 Å². The Kier molecular flexibility index (Phi) is 5.30. The third kappa shape index (κ3) is 4.36. The van der Waals surface area contributed by atoms with Crippen LogP contribution in [0.1, 0.15) is 16.1 Å². The molecule has 0 radical (unpaired) electrons. The van der Waals surface area contributed by atoms with Crippen molar-refractivity contribution < 1.29 is 9.59 Å². The molecule has 0 fully saturated rings. The number of rotatable bonds is 6. The quantitative estimate of drug-likeness (QED) is 0.710. The van der Waals surface area contributed by atoms with Gasteiger partial charge in [-0.25, -0.2) is 4.52 Å². The van der Waals surface area contributed by atoms with Gasteiger partial charge in [0.2, 0.25) is 5.91 Å². The minimum Gasteiger partial charge on any atom is -0.354 e. The predicted molar refractivity (Wildman–Crippen MR) is 95.7 cm³/mol. The molecule has 25 heavy (non-hydrogen) atoms. The lowest BCUT2D eigenvalue weighted by Crippen LogP contribution is -2.37. The lowest BCUT2D eigenvalue weighted by Gasteiger charge is -2.07. The molecule has 0 bridgehead atoms. The van der Waals surface area contributed by atoms with E-state index in [1.165, 1.54) is 0 Å². The zero-order chi connectivity index (χ0) is 17.6. The van der Waals surface area contributed by atoms with Crippen molar-refractivity contribution in [2.24, 2.45) is 0 Å². The van der Waals surface area contributed by atoms with Gasteiger partial charge in [-0.3, -0.25) is 9.59 Å². The van der Waals surface area contributed by atoms with Crippen LogP contribution in [0.25, 0.3) is 5.52 Å². The van der Waals surface area contributed by atoms with E-state index < -0.39 is 0 Å². The first kappa shape index (κ1) is 17.0.